The zero-order chi connectivity index (χ0) is 19.7. The largest absolute Gasteiger partial charge is 1.00 e. The number of hydrogen-bond acceptors (Lipinski definition) is 8. The summed E-state index contributed by atoms with van der Waals surface area (Å²) in [5.74, 6) is -3.49. The molecule has 0 aromatic heterocycles. The molecule has 11 heteroatoms. The molecular weight excluding hydrogens is 413 g/mol. The van der Waals surface area contributed by atoms with Gasteiger partial charge in [-0.1, -0.05) is 30.3 Å². The van der Waals surface area contributed by atoms with Gasteiger partial charge in [0.1, 0.15) is 17.5 Å². The smallest absolute Gasteiger partial charge is 0.870 e. The van der Waals surface area contributed by atoms with Gasteiger partial charge in [-0.3, -0.25) is 4.79 Å². The minimum atomic E-state index is -1.73. The van der Waals surface area contributed by atoms with Crippen LogP contribution in [0.15, 0.2) is 48.5 Å². The van der Waals surface area contributed by atoms with Crippen molar-refractivity contribution in [3.05, 3.63) is 65.8 Å². The van der Waals surface area contributed by atoms with Crippen molar-refractivity contribution in [1.82, 2.24) is 0 Å². The van der Waals surface area contributed by atoms with Crippen molar-refractivity contribution in [2.45, 2.75) is 6.10 Å². The summed E-state index contributed by atoms with van der Waals surface area (Å²) < 4.78 is 9.70. The predicted octanol–water partition coefficient (Wildman–Crippen LogP) is -2.01. The van der Waals surface area contributed by atoms with Crippen molar-refractivity contribution in [2.24, 2.45) is 0 Å². The fourth-order valence-corrected chi connectivity index (χ4v) is 1.97. The van der Waals surface area contributed by atoms with Crippen LogP contribution in [-0.2, 0) is 9.59 Å². The number of Topliss-reactive ketones (excluding diaryl/α,β-unsaturated/α-hetero) is 1. The van der Waals surface area contributed by atoms with Gasteiger partial charge in [0, 0.05) is 5.56 Å². The number of carbonyl (C=O) groups is 3. The maximum absolute atomic E-state index is 11.0. The SMILES string of the molecule is COc1ccccc1C(=O)C(=O)[O-].COc1ccccc1[C@@H](O)C(=O)O.[K+].[NH2-].[OH-]. The van der Waals surface area contributed by atoms with Crippen molar-refractivity contribution in [1.29, 1.82) is 0 Å². The van der Waals surface area contributed by atoms with Crippen molar-refractivity contribution < 1.29 is 96.0 Å². The molecule has 1 atom stereocenters. The minimum Gasteiger partial charge on any atom is -0.870 e. The molecule has 5 N–H and O–H groups in total. The summed E-state index contributed by atoms with van der Waals surface area (Å²) in [5.41, 5.74) is 0.266. The number of methoxy groups -OCH3 is 2. The Kier molecular flexibility index (Phi) is 17.6. The van der Waals surface area contributed by atoms with E-state index in [0.29, 0.717) is 5.75 Å². The number of carboxylic acids is 2. The first-order chi connectivity index (χ1) is 12.3. The van der Waals surface area contributed by atoms with Crippen LogP contribution in [0, 0.1) is 0 Å². The van der Waals surface area contributed by atoms with Gasteiger partial charge in [-0.15, -0.1) is 0 Å². The van der Waals surface area contributed by atoms with Crippen LogP contribution in [0.2, 0.25) is 0 Å². The van der Waals surface area contributed by atoms with Crippen LogP contribution in [0.25, 0.3) is 6.15 Å². The van der Waals surface area contributed by atoms with E-state index in [1.165, 1.54) is 32.4 Å². The third-order valence-corrected chi connectivity index (χ3v) is 3.20. The van der Waals surface area contributed by atoms with Crippen molar-refractivity contribution in [3.63, 3.8) is 0 Å². The van der Waals surface area contributed by atoms with Crippen molar-refractivity contribution in [2.75, 3.05) is 14.2 Å². The first kappa shape index (κ1) is 31.8. The van der Waals surface area contributed by atoms with Gasteiger partial charge in [0.2, 0.25) is 5.78 Å². The Labute approximate surface area is 209 Å². The summed E-state index contributed by atoms with van der Waals surface area (Å²) in [6, 6.07) is 12.5. The standard InChI is InChI=1S/C9H10O4.C9H8O4.K.H2N.H2O/c2*1-13-7-5-3-2-4-6(7)8(10)9(11)12;;;/h2-5,8,10H,1H3,(H,11,12);2-5H,1H3,(H,11,12);;2*1H2/q;;+1;-1;/p-2/t8-;;;;/m1..../s1. The molecule has 154 valence electrons. The second-order valence-electron chi connectivity index (χ2n) is 4.80. The van der Waals surface area contributed by atoms with E-state index >= 15 is 0 Å². The van der Waals surface area contributed by atoms with E-state index in [-0.39, 0.29) is 79.9 Å². The molecule has 0 saturated heterocycles. The van der Waals surface area contributed by atoms with Crippen LogP contribution in [0.4, 0.5) is 0 Å². The third kappa shape index (κ3) is 9.47. The zero-order valence-electron chi connectivity index (χ0n) is 16.1. The molecule has 0 aliphatic carbocycles. The van der Waals surface area contributed by atoms with Gasteiger partial charge in [-0.2, -0.15) is 0 Å². The van der Waals surface area contributed by atoms with Crippen LogP contribution in [0.3, 0.4) is 0 Å². The first-order valence-corrected chi connectivity index (χ1v) is 7.26. The molecule has 2 aromatic carbocycles. The Balaban J connectivity index is -0.000000422. The first-order valence-electron chi connectivity index (χ1n) is 7.26. The molecule has 0 unspecified atom stereocenters. The topological polar surface area (TPSA) is 197 Å². The monoisotopic (exact) mass is 433 g/mol. The number of benzene rings is 2. The quantitative estimate of drug-likeness (QED) is 0.293. The molecule has 0 fully saturated rings. The molecule has 0 heterocycles. The Bertz CT molecular complexity index is 798. The number of carboxylic acid groups (broad SMARTS) is 2. The van der Waals surface area contributed by atoms with E-state index in [2.05, 4.69) is 0 Å². The fourth-order valence-electron chi connectivity index (χ4n) is 1.97. The molecule has 2 aromatic rings. The Hall–Kier alpha value is -1.83. The summed E-state index contributed by atoms with van der Waals surface area (Å²) in [7, 11) is 2.79. The van der Waals surface area contributed by atoms with Crippen LogP contribution < -0.4 is 66.0 Å². The third-order valence-electron chi connectivity index (χ3n) is 3.20. The average Bonchev–Trinajstić information content (AvgIpc) is 2.66. The Morgan fingerprint density at radius 1 is 0.931 bits per heavy atom. The fraction of sp³-hybridized carbons (Fsp3) is 0.167. The van der Waals surface area contributed by atoms with Crippen LogP contribution >= 0.6 is 0 Å². The van der Waals surface area contributed by atoms with E-state index in [9.17, 15) is 24.6 Å². The number of aliphatic hydroxyl groups excluding tert-OH is 1. The van der Waals surface area contributed by atoms with E-state index in [1.807, 2.05) is 0 Å². The molecule has 0 amide bonds. The molecule has 0 bridgehead atoms. The predicted molar refractivity (Wildman–Crippen MR) is 95.1 cm³/mol. The maximum atomic E-state index is 11.0. The number of ether oxygens (including phenoxy) is 2. The van der Waals surface area contributed by atoms with Gasteiger partial charge >= 0.3 is 57.4 Å². The molecule has 2 rings (SSSR count). The Morgan fingerprint density at radius 3 is 1.83 bits per heavy atom. The number of aliphatic carboxylic acids is 2. The number of carbonyl (C=O) groups excluding carboxylic acids is 2. The minimum absolute atomic E-state index is 0. The molecule has 0 spiro atoms. The van der Waals surface area contributed by atoms with Crippen LogP contribution in [0.1, 0.15) is 22.0 Å². The molecular formula is C18H20KNO9-2. The van der Waals surface area contributed by atoms with E-state index < -0.39 is 23.8 Å². The molecule has 0 aliphatic heterocycles. The molecule has 29 heavy (non-hydrogen) atoms. The molecule has 0 radical (unpaired) electrons. The number of hydrogen-bond donors (Lipinski definition) is 2. The molecule has 10 nitrogen and oxygen atoms in total. The van der Waals surface area contributed by atoms with E-state index in [1.54, 1.807) is 30.3 Å². The number of rotatable bonds is 6. The number of aliphatic hydroxyl groups is 1. The van der Waals surface area contributed by atoms with Crippen molar-refractivity contribution in [3.8, 4) is 11.5 Å². The van der Waals surface area contributed by atoms with E-state index in [4.69, 9.17) is 14.6 Å². The van der Waals surface area contributed by atoms with Crippen LogP contribution in [0.5, 0.6) is 11.5 Å². The van der Waals surface area contributed by atoms with Crippen LogP contribution in [-0.4, -0.2) is 47.6 Å². The molecule has 0 aliphatic rings. The van der Waals surface area contributed by atoms with E-state index in [0.717, 1.165) is 0 Å². The molecule has 0 saturated carbocycles. The summed E-state index contributed by atoms with van der Waals surface area (Å²) in [6.07, 6.45) is -1.53. The second kappa shape index (κ2) is 16.0. The van der Waals surface area contributed by atoms with Gasteiger partial charge in [0.05, 0.1) is 19.8 Å². The Morgan fingerprint density at radius 2 is 1.38 bits per heavy atom. The normalized spacial score (nSPS) is 9.62. The van der Waals surface area contributed by atoms with Gasteiger partial charge in [-0.25, -0.2) is 4.79 Å². The van der Waals surface area contributed by atoms with Gasteiger partial charge < -0.3 is 41.2 Å². The van der Waals surface area contributed by atoms with Gasteiger partial charge in [-0.05, 0) is 18.2 Å². The summed E-state index contributed by atoms with van der Waals surface area (Å²) in [4.78, 5) is 31.7. The number of nitrogens with two attached hydrogens (primary N) is 1. The van der Waals surface area contributed by atoms with Gasteiger partial charge in [0.25, 0.3) is 0 Å². The maximum Gasteiger partial charge on any atom is 1.00 e. The number of ketones is 1. The van der Waals surface area contributed by atoms with Crippen molar-refractivity contribution >= 4 is 17.7 Å². The zero-order valence-corrected chi connectivity index (χ0v) is 19.2. The average molecular weight is 433 g/mol. The number of para-hydroxylation sites is 2. The summed E-state index contributed by atoms with van der Waals surface area (Å²) in [6.45, 7) is 0. The van der Waals surface area contributed by atoms with Gasteiger partial charge in [0.15, 0.2) is 6.10 Å². The second-order valence-corrected chi connectivity index (χ2v) is 4.80. The summed E-state index contributed by atoms with van der Waals surface area (Å²) >= 11 is 0. The summed E-state index contributed by atoms with van der Waals surface area (Å²) in [5, 5.41) is 28.0.